The van der Waals surface area contributed by atoms with E-state index < -0.39 is 27.9 Å². The second-order valence-corrected chi connectivity index (χ2v) is 6.41. The van der Waals surface area contributed by atoms with Gasteiger partial charge in [0.2, 0.25) is 5.91 Å². The number of hydrogen-bond acceptors (Lipinski definition) is 5. The number of nitrogens with zero attached hydrogens (tertiary/aromatic N) is 1. The van der Waals surface area contributed by atoms with Gasteiger partial charge in [0.15, 0.2) is 9.84 Å². The number of esters is 1. The van der Waals surface area contributed by atoms with Gasteiger partial charge >= 0.3 is 5.97 Å². The van der Waals surface area contributed by atoms with Crippen LogP contribution in [0.2, 0.25) is 0 Å². The highest BCUT2D eigenvalue weighted by atomic mass is 32.2. The Hall–Kier alpha value is -1.11. The quantitative estimate of drug-likeness (QED) is 0.646. The lowest BCUT2D eigenvalue weighted by molar-refractivity contribution is -0.152. The Morgan fingerprint density at radius 1 is 1.41 bits per heavy atom. The number of rotatable bonds is 3. The summed E-state index contributed by atoms with van der Waals surface area (Å²) in [7, 11) is -1.85. The molecular formula is C10H17NO5S. The number of carbonyl (C=O) groups excluding carboxylic acids is 2. The Bertz CT molecular complexity index is 416. The van der Waals surface area contributed by atoms with Crippen LogP contribution in [0.15, 0.2) is 0 Å². The minimum absolute atomic E-state index is 0.0648. The topological polar surface area (TPSA) is 80.8 Å². The van der Waals surface area contributed by atoms with Gasteiger partial charge in [0.05, 0.1) is 18.6 Å². The van der Waals surface area contributed by atoms with Gasteiger partial charge in [-0.15, -0.1) is 0 Å². The lowest BCUT2D eigenvalue weighted by Crippen LogP contribution is -2.49. The molecule has 98 valence electrons. The summed E-state index contributed by atoms with van der Waals surface area (Å²) >= 11 is 0. The van der Waals surface area contributed by atoms with Gasteiger partial charge in [0.25, 0.3) is 0 Å². The number of carbonyl (C=O) groups is 2. The molecule has 0 aromatic rings. The molecule has 0 bridgehead atoms. The van der Waals surface area contributed by atoms with Crippen molar-refractivity contribution < 1.29 is 22.7 Å². The summed E-state index contributed by atoms with van der Waals surface area (Å²) < 4.78 is 27.3. The first-order valence-electron chi connectivity index (χ1n) is 5.35. The molecule has 0 aliphatic carbocycles. The number of methoxy groups -OCH3 is 1. The Balaban J connectivity index is 2.88. The molecule has 6 nitrogen and oxygen atoms in total. The average molecular weight is 263 g/mol. The van der Waals surface area contributed by atoms with Crippen LogP contribution in [-0.4, -0.2) is 55.9 Å². The van der Waals surface area contributed by atoms with Gasteiger partial charge < -0.3 is 9.64 Å². The van der Waals surface area contributed by atoms with Crippen molar-refractivity contribution in [3.8, 4) is 0 Å². The van der Waals surface area contributed by atoms with Gasteiger partial charge in [-0.2, -0.15) is 0 Å². The van der Waals surface area contributed by atoms with Crippen LogP contribution in [0.3, 0.4) is 0 Å². The number of sulfone groups is 1. The van der Waals surface area contributed by atoms with E-state index in [2.05, 4.69) is 4.74 Å². The maximum atomic E-state index is 11.5. The highest BCUT2D eigenvalue weighted by Gasteiger charge is 2.38. The minimum Gasteiger partial charge on any atom is -0.467 e. The van der Waals surface area contributed by atoms with Crippen molar-refractivity contribution in [2.45, 2.75) is 32.4 Å². The van der Waals surface area contributed by atoms with Crippen LogP contribution < -0.4 is 0 Å². The van der Waals surface area contributed by atoms with Crippen LogP contribution in [0.5, 0.6) is 0 Å². The van der Waals surface area contributed by atoms with E-state index in [-0.39, 0.29) is 17.4 Å². The maximum absolute atomic E-state index is 11.5. The number of amides is 1. The summed E-state index contributed by atoms with van der Waals surface area (Å²) in [5, 5.41) is 0. The van der Waals surface area contributed by atoms with Gasteiger partial charge in [-0.25, -0.2) is 13.2 Å². The van der Waals surface area contributed by atoms with Crippen molar-refractivity contribution in [1.82, 2.24) is 4.90 Å². The molecule has 7 heteroatoms. The van der Waals surface area contributed by atoms with Crippen molar-refractivity contribution in [1.29, 1.82) is 0 Å². The third-order valence-corrected chi connectivity index (χ3v) is 4.68. The van der Waals surface area contributed by atoms with Crippen LogP contribution in [0.4, 0.5) is 0 Å². The highest BCUT2D eigenvalue weighted by Crippen LogP contribution is 2.20. The van der Waals surface area contributed by atoms with Gasteiger partial charge in [0.1, 0.15) is 6.04 Å². The lowest BCUT2D eigenvalue weighted by atomic mass is 10.1. The normalized spacial score (nSPS) is 24.1. The molecule has 1 saturated heterocycles. The fourth-order valence-corrected chi connectivity index (χ4v) is 3.84. The number of hydrogen-bond donors (Lipinski definition) is 0. The molecule has 0 unspecified atom stereocenters. The average Bonchev–Trinajstić information content (AvgIpc) is 2.57. The van der Waals surface area contributed by atoms with Gasteiger partial charge in [-0.1, -0.05) is 0 Å². The molecule has 17 heavy (non-hydrogen) atoms. The van der Waals surface area contributed by atoms with E-state index in [1.54, 1.807) is 0 Å². The largest absolute Gasteiger partial charge is 0.467 e. The second-order valence-electron chi connectivity index (χ2n) is 4.18. The maximum Gasteiger partial charge on any atom is 0.328 e. The Labute approximate surface area is 101 Å². The van der Waals surface area contributed by atoms with Crippen LogP contribution in [0.1, 0.15) is 20.3 Å². The molecule has 0 aromatic carbocycles. The van der Waals surface area contributed by atoms with E-state index in [0.717, 1.165) is 0 Å². The summed E-state index contributed by atoms with van der Waals surface area (Å²) in [4.78, 5) is 24.2. The third-order valence-electron chi connectivity index (χ3n) is 2.92. The summed E-state index contributed by atoms with van der Waals surface area (Å²) in [6.45, 7) is 2.86. The Kier molecular flexibility index (Phi) is 4.13. The zero-order valence-corrected chi connectivity index (χ0v) is 11.0. The summed E-state index contributed by atoms with van der Waals surface area (Å²) in [5.74, 6) is -0.863. The molecular weight excluding hydrogens is 246 g/mol. The molecule has 1 aliphatic heterocycles. The first-order valence-corrected chi connectivity index (χ1v) is 7.18. The van der Waals surface area contributed by atoms with Crippen molar-refractivity contribution in [3.05, 3.63) is 0 Å². The monoisotopic (exact) mass is 263 g/mol. The summed E-state index contributed by atoms with van der Waals surface area (Å²) in [5.41, 5.74) is 0. The van der Waals surface area contributed by atoms with Crippen LogP contribution >= 0.6 is 0 Å². The van der Waals surface area contributed by atoms with Crippen molar-refractivity contribution >= 4 is 21.7 Å². The van der Waals surface area contributed by atoms with Crippen molar-refractivity contribution in [2.24, 2.45) is 0 Å². The smallest absolute Gasteiger partial charge is 0.328 e. The molecule has 2 atom stereocenters. The van der Waals surface area contributed by atoms with E-state index in [4.69, 9.17) is 0 Å². The second kappa shape index (κ2) is 5.03. The Morgan fingerprint density at radius 2 is 2.00 bits per heavy atom. The molecule has 1 rings (SSSR count). The van der Waals surface area contributed by atoms with E-state index in [9.17, 15) is 18.0 Å². The zero-order valence-electron chi connectivity index (χ0n) is 10.2. The number of ether oxygens (including phenoxy) is 1. The van der Waals surface area contributed by atoms with E-state index in [1.807, 2.05) is 0 Å². The first kappa shape index (κ1) is 14.0. The lowest BCUT2D eigenvalue weighted by Gasteiger charge is -2.31. The predicted molar refractivity (Wildman–Crippen MR) is 61.1 cm³/mol. The molecule has 1 heterocycles. The fraction of sp³-hybridized carbons (Fsp3) is 0.800. The predicted octanol–water partition coefficient (Wildman–Crippen LogP) is -0.416. The van der Waals surface area contributed by atoms with Gasteiger partial charge in [-0.05, 0) is 13.3 Å². The highest BCUT2D eigenvalue weighted by molar-refractivity contribution is 7.91. The standard InChI is InChI=1S/C10H17NO5S/c1-7(10(13)16-3)11(8(2)12)9-4-5-17(14,15)6-9/h7,9H,4-6H2,1-3H3/t7-,9-/m1/s1. The molecule has 0 aromatic heterocycles. The molecule has 0 N–H and O–H groups in total. The van der Waals surface area contributed by atoms with E-state index in [0.29, 0.717) is 6.42 Å². The van der Waals surface area contributed by atoms with Crippen LogP contribution in [0.25, 0.3) is 0 Å². The van der Waals surface area contributed by atoms with Crippen LogP contribution in [-0.2, 0) is 24.2 Å². The molecule has 1 fully saturated rings. The van der Waals surface area contributed by atoms with Gasteiger partial charge in [0, 0.05) is 13.0 Å². The SMILES string of the molecule is COC(=O)[C@@H](C)N(C(C)=O)[C@@H]1CCS(=O)(=O)C1. The first-order chi connectivity index (χ1) is 7.78. The molecule has 1 amide bonds. The van der Waals surface area contributed by atoms with E-state index in [1.165, 1.54) is 25.9 Å². The van der Waals surface area contributed by atoms with Gasteiger partial charge in [-0.3, -0.25) is 4.79 Å². The Morgan fingerprint density at radius 3 is 2.35 bits per heavy atom. The molecule has 0 saturated carbocycles. The zero-order chi connectivity index (χ0) is 13.2. The fourth-order valence-electron chi connectivity index (χ4n) is 2.12. The molecule has 0 spiro atoms. The molecule has 0 radical (unpaired) electrons. The van der Waals surface area contributed by atoms with Crippen molar-refractivity contribution in [3.63, 3.8) is 0 Å². The van der Waals surface area contributed by atoms with Crippen LogP contribution in [0, 0.1) is 0 Å². The summed E-state index contributed by atoms with van der Waals surface area (Å²) in [6.07, 6.45) is 0.378. The third kappa shape index (κ3) is 3.18. The van der Waals surface area contributed by atoms with E-state index >= 15 is 0 Å². The minimum atomic E-state index is -3.09. The van der Waals surface area contributed by atoms with Crippen molar-refractivity contribution in [2.75, 3.05) is 18.6 Å². The molecule has 1 aliphatic rings. The summed E-state index contributed by atoms with van der Waals surface area (Å²) in [6, 6.07) is -1.18.